The molecular formula is C22H19N3O4. The first kappa shape index (κ1) is 16.6. The predicted molar refractivity (Wildman–Crippen MR) is 106 cm³/mol. The average Bonchev–Trinajstić information content (AvgIpc) is 3.42. The van der Waals surface area contributed by atoms with Crippen LogP contribution in [0.15, 0.2) is 42.5 Å². The molecule has 1 fully saturated rings. The van der Waals surface area contributed by atoms with E-state index in [0.717, 1.165) is 24.2 Å². The first-order chi connectivity index (χ1) is 14.2. The Kier molecular flexibility index (Phi) is 3.49. The van der Waals surface area contributed by atoms with Gasteiger partial charge in [0.1, 0.15) is 0 Å². The molecular weight excluding hydrogens is 370 g/mol. The molecule has 1 atom stereocenters. The van der Waals surface area contributed by atoms with Crippen molar-refractivity contribution < 1.29 is 19.1 Å². The fraction of sp³-hybridized carbons (Fsp3) is 0.273. The highest BCUT2D eigenvalue weighted by Crippen LogP contribution is 2.38. The number of carbonyl (C=O) groups excluding carboxylic acids is 2. The lowest BCUT2D eigenvalue weighted by Gasteiger charge is -2.30. The maximum absolute atomic E-state index is 13.2. The zero-order valence-electron chi connectivity index (χ0n) is 15.7. The largest absolute Gasteiger partial charge is 0.454 e. The number of anilines is 1. The van der Waals surface area contributed by atoms with Crippen molar-refractivity contribution in [1.82, 2.24) is 9.88 Å². The average molecular weight is 389 g/mol. The number of nitrogens with one attached hydrogen (secondary N) is 1. The van der Waals surface area contributed by atoms with Crippen LogP contribution in [-0.2, 0) is 22.6 Å². The van der Waals surface area contributed by atoms with Crippen LogP contribution in [0.2, 0.25) is 0 Å². The van der Waals surface area contributed by atoms with Crippen LogP contribution in [0, 0.1) is 0 Å². The molecule has 0 aliphatic carbocycles. The molecule has 0 bridgehead atoms. The molecule has 1 aromatic heterocycles. The highest BCUT2D eigenvalue weighted by molar-refractivity contribution is 6.22. The molecule has 0 saturated carbocycles. The Bertz CT molecular complexity index is 1170. The van der Waals surface area contributed by atoms with Gasteiger partial charge in [0, 0.05) is 35.8 Å². The van der Waals surface area contributed by atoms with Gasteiger partial charge in [-0.1, -0.05) is 18.2 Å². The maximum Gasteiger partial charge on any atom is 0.251 e. The third-order valence-electron chi connectivity index (χ3n) is 6.09. The van der Waals surface area contributed by atoms with E-state index in [1.807, 2.05) is 12.1 Å². The van der Waals surface area contributed by atoms with E-state index >= 15 is 0 Å². The minimum atomic E-state index is -0.438. The summed E-state index contributed by atoms with van der Waals surface area (Å²) in [6.45, 7) is 1.56. The second kappa shape index (κ2) is 6.09. The van der Waals surface area contributed by atoms with Crippen molar-refractivity contribution in [2.75, 3.05) is 18.2 Å². The van der Waals surface area contributed by atoms with E-state index in [9.17, 15) is 9.59 Å². The second-order valence-corrected chi connectivity index (χ2v) is 7.67. The standard InChI is InChI=1S/C22H19N3O4/c26-21-10-18(22(27)25(21)13-5-6-19-20(9-13)29-12-28-19)24-8-7-15-14-3-1-2-4-16(14)23-17(15)11-24/h1-6,9,18,23H,7-8,10-12H2. The van der Waals surface area contributed by atoms with Gasteiger partial charge in [0.15, 0.2) is 11.5 Å². The molecule has 1 unspecified atom stereocenters. The van der Waals surface area contributed by atoms with Crippen LogP contribution in [0.3, 0.4) is 0 Å². The Labute approximate surface area is 166 Å². The summed E-state index contributed by atoms with van der Waals surface area (Å²) in [4.78, 5) is 32.8. The number of H-pyrrole nitrogens is 1. The van der Waals surface area contributed by atoms with Gasteiger partial charge in [0.25, 0.3) is 5.91 Å². The molecule has 3 aliphatic heterocycles. The Morgan fingerprint density at radius 2 is 1.90 bits per heavy atom. The lowest BCUT2D eigenvalue weighted by atomic mass is 10.0. The summed E-state index contributed by atoms with van der Waals surface area (Å²) in [7, 11) is 0. The van der Waals surface area contributed by atoms with Gasteiger partial charge in [-0.15, -0.1) is 0 Å². The third-order valence-corrected chi connectivity index (χ3v) is 6.09. The third kappa shape index (κ3) is 2.47. The van der Waals surface area contributed by atoms with Gasteiger partial charge in [-0.3, -0.25) is 14.5 Å². The predicted octanol–water partition coefficient (Wildman–Crippen LogP) is 2.59. The molecule has 2 amide bonds. The molecule has 6 rings (SSSR count). The number of hydrogen-bond donors (Lipinski definition) is 1. The molecule has 29 heavy (non-hydrogen) atoms. The highest BCUT2D eigenvalue weighted by Gasteiger charge is 2.44. The zero-order valence-corrected chi connectivity index (χ0v) is 15.7. The van der Waals surface area contributed by atoms with Crippen LogP contribution < -0.4 is 14.4 Å². The zero-order chi connectivity index (χ0) is 19.5. The van der Waals surface area contributed by atoms with E-state index in [0.29, 0.717) is 23.7 Å². The molecule has 7 nitrogen and oxygen atoms in total. The smallest absolute Gasteiger partial charge is 0.251 e. The Hall–Kier alpha value is -3.32. The summed E-state index contributed by atoms with van der Waals surface area (Å²) in [6.07, 6.45) is 1.06. The van der Waals surface area contributed by atoms with Crippen molar-refractivity contribution in [2.45, 2.75) is 25.4 Å². The van der Waals surface area contributed by atoms with Gasteiger partial charge in [0.2, 0.25) is 12.7 Å². The van der Waals surface area contributed by atoms with Crippen LogP contribution in [0.5, 0.6) is 11.5 Å². The van der Waals surface area contributed by atoms with Crippen LogP contribution in [-0.4, -0.2) is 41.1 Å². The topological polar surface area (TPSA) is 74.9 Å². The first-order valence-corrected chi connectivity index (χ1v) is 9.78. The fourth-order valence-corrected chi connectivity index (χ4v) is 4.68. The molecule has 3 aromatic rings. The molecule has 7 heteroatoms. The number of fused-ring (bicyclic) bond motifs is 4. The molecule has 4 heterocycles. The number of aromatic nitrogens is 1. The summed E-state index contributed by atoms with van der Waals surface area (Å²) in [5.41, 5.74) is 4.12. The Balaban J connectivity index is 1.28. The van der Waals surface area contributed by atoms with Crippen molar-refractivity contribution in [1.29, 1.82) is 0 Å². The second-order valence-electron chi connectivity index (χ2n) is 7.67. The number of imide groups is 1. The quantitative estimate of drug-likeness (QED) is 0.682. The molecule has 1 saturated heterocycles. The van der Waals surface area contributed by atoms with Crippen molar-refractivity contribution >= 4 is 28.4 Å². The fourth-order valence-electron chi connectivity index (χ4n) is 4.68. The summed E-state index contributed by atoms with van der Waals surface area (Å²) < 4.78 is 10.7. The number of aromatic amines is 1. The van der Waals surface area contributed by atoms with Crippen LogP contribution >= 0.6 is 0 Å². The van der Waals surface area contributed by atoms with E-state index in [1.165, 1.54) is 15.8 Å². The minimum absolute atomic E-state index is 0.157. The molecule has 1 N–H and O–H groups in total. The van der Waals surface area contributed by atoms with E-state index < -0.39 is 6.04 Å². The molecule has 0 spiro atoms. The minimum Gasteiger partial charge on any atom is -0.454 e. The number of rotatable bonds is 2. The van der Waals surface area contributed by atoms with E-state index in [4.69, 9.17) is 9.47 Å². The van der Waals surface area contributed by atoms with E-state index in [-0.39, 0.29) is 25.0 Å². The number of benzene rings is 2. The van der Waals surface area contributed by atoms with Crippen molar-refractivity contribution in [3.8, 4) is 11.5 Å². The van der Waals surface area contributed by atoms with E-state index in [2.05, 4.69) is 22.0 Å². The van der Waals surface area contributed by atoms with Crippen LogP contribution in [0.1, 0.15) is 17.7 Å². The summed E-state index contributed by atoms with van der Waals surface area (Å²) in [5, 5.41) is 1.25. The molecule has 146 valence electrons. The van der Waals surface area contributed by atoms with Gasteiger partial charge in [-0.25, -0.2) is 4.90 Å². The molecule has 3 aliphatic rings. The summed E-state index contributed by atoms with van der Waals surface area (Å²) in [5.74, 6) is 0.841. The SMILES string of the molecule is O=C1CC(N2CCc3c([nH]c4ccccc34)C2)C(=O)N1c1ccc2c(c1)OCO2. The van der Waals surface area contributed by atoms with Gasteiger partial charge in [0.05, 0.1) is 18.2 Å². The number of amides is 2. The van der Waals surface area contributed by atoms with Crippen molar-refractivity contribution in [3.05, 3.63) is 53.7 Å². The van der Waals surface area contributed by atoms with Gasteiger partial charge >= 0.3 is 0 Å². The lowest BCUT2D eigenvalue weighted by molar-refractivity contribution is -0.123. The highest BCUT2D eigenvalue weighted by atomic mass is 16.7. The summed E-state index contributed by atoms with van der Waals surface area (Å²) >= 11 is 0. The molecule has 2 aromatic carbocycles. The van der Waals surface area contributed by atoms with Gasteiger partial charge in [-0.05, 0) is 30.2 Å². The van der Waals surface area contributed by atoms with Gasteiger partial charge in [-0.2, -0.15) is 0 Å². The Morgan fingerprint density at radius 1 is 1.03 bits per heavy atom. The maximum atomic E-state index is 13.2. The normalized spacial score (nSPS) is 21.2. The van der Waals surface area contributed by atoms with Crippen molar-refractivity contribution in [3.63, 3.8) is 0 Å². The number of para-hydroxylation sites is 1. The number of carbonyl (C=O) groups is 2. The van der Waals surface area contributed by atoms with Crippen LogP contribution in [0.25, 0.3) is 10.9 Å². The number of nitrogens with zero attached hydrogens (tertiary/aromatic N) is 2. The monoisotopic (exact) mass is 389 g/mol. The Morgan fingerprint density at radius 3 is 2.83 bits per heavy atom. The number of hydrogen-bond acceptors (Lipinski definition) is 5. The summed E-state index contributed by atoms with van der Waals surface area (Å²) in [6, 6.07) is 13.0. The first-order valence-electron chi connectivity index (χ1n) is 9.78. The molecule has 0 radical (unpaired) electrons. The van der Waals surface area contributed by atoms with Crippen LogP contribution in [0.4, 0.5) is 5.69 Å². The van der Waals surface area contributed by atoms with E-state index in [1.54, 1.807) is 18.2 Å². The van der Waals surface area contributed by atoms with Crippen molar-refractivity contribution in [2.24, 2.45) is 0 Å². The lowest BCUT2D eigenvalue weighted by Crippen LogP contribution is -2.44. The van der Waals surface area contributed by atoms with Gasteiger partial charge < -0.3 is 14.5 Å². The number of ether oxygens (including phenoxy) is 2.